The van der Waals surface area contributed by atoms with Gasteiger partial charge in [0.2, 0.25) is 0 Å². The number of thiocarbonyl (C=S) groups is 1. The maximum Gasteiger partial charge on any atom is 0.407 e. The Morgan fingerprint density at radius 1 is 1.19 bits per heavy atom. The minimum atomic E-state index is -0.486. The Labute approximate surface area is 131 Å². The van der Waals surface area contributed by atoms with E-state index in [9.17, 15) is 4.79 Å². The van der Waals surface area contributed by atoms with Gasteiger partial charge in [0.05, 0.1) is 0 Å². The molecule has 0 bridgehead atoms. The van der Waals surface area contributed by atoms with Crippen molar-refractivity contribution in [3.8, 4) is 0 Å². The molecule has 1 aromatic carbocycles. The third kappa shape index (κ3) is 6.94. The third-order valence-electron chi connectivity index (χ3n) is 2.52. The predicted molar refractivity (Wildman–Crippen MR) is 89.7 cm³/mol. The first kappa shape index (κ1) is 17.2. The summed E-state index contributed by atoms with van der Waals surface area (Å²) in [5, 5.41) is 6.36. The number of rotatable bonds is 4. The molecular weight excluding hydrogens is 286 g/mol. The van der Waals surface area contributed by atoms with Crippen molar-refractivity contribution in [2.24, 2.45) is 0 Å². The molecule has 1 aromatic rings. The van der Waals surface area contributed by atoms with Crippen LogP contribution in [0.4, 0.5) is 10.5 Å². The van der Waals surface area contributed by atoms with Crippen LogP contribution in [0.15, 0.2) is 30.3 Å². The van der Waals surface area contributed by atoms with Gasteiger partial charge in [0.15, 0.2) is 5.11 Å². The number of nitrogens with zero attached hydrogens (tertiary/aromatic N) is 1. The summed E-state index contributed by atoms with van der Waals surface area (Å²) >= 11 is 5.30. The Balaban J connectivity index is 2.27. The van der Waals surface area contributed by atoms with Crippen LogP contribution in [-0.4, -0.2) is 36.9 Å². The van der Waals surface area contributed by atoms with Crippen molar-refractivity contribution in [2.75, 3.05) is 25.0 Å². The van der Waals surface area contributed by atoms with E-state index in [0.29, 0.717) is 18.2 Å². The molecular formula is C15H23N3O2S. The van der Waals surface area contributed by atoms with Crippen LogP contribution in [0.3, 0.4) is 0 Å². The number of carbonyl (C=O) groups excluding carboxylic acids is 1. The lowest BCUT2D eigenvalue weighted by Crippen LogP contribution is -2.42. The third-order valence-corrected chi connectivity index (χ3v) is 2.94. The minimum absolute atomic E-state index is 0.424. The highest BCUT2D eigenvalue weighted by molar-refractivity contribution is 7.80. The summed E-state index contributed by atoms with van der Waals surface area (Å²) in [5.41, 5.74) is 0.524. The van der Waals surface area contributed by atoms with E-state index in [-0.39, 0.29) is 0 Å². The van der Waals surface area contributed by atoms with Crippen LogP contribution in [0.25, 0.3) is 0 Å². The molecule has 1 amide bonds. The van der Waals surface area contributed by atoms with Crippen molar-refractivity contribution >= 4 is 29.1 Å². The lowest BCUT2D eigenvalue weighted by Gasteiger charge is -2.22. The van der Waals surface area contributed by atoms with E-state index in [1.54, 1.807) is 0 Å². The zero-order valence-corrected chi connectivity index (χ0v) is 13.8. The Bertz CT molecular complexity index is 472. The summed E-state index contributed by atoms with van der Waals surface area (Å²) < 4.78 is 5.14. The largest absolute Gasteiger partial charge is 0.444 e. The molecule has 1 rings (SSSR count). The van der Waals surface area contributed by atoms with Crippen LogP contribution in [-0.2, 0) is 4.74 Å². The summed E-state index contributed by atoms with van der Waals surface area (Å²) in [5.74, 6) is 0. The molecule has 0 unspecified atom stereocenters. The van der Waals surface area contributed by atoms with Crippen LogP contribution in [0.1, 0.15) is 20.8 Å². The van der Waals surface area contributed by atoms with Gasteiger partial charge >= 0.3 is 6.09 Å². The van der Waals surface area contributed by atoms with Crippen molar-refractivity contribution in [1.29, 1.82) is 0 Å². The zero-order chi connectivity index (χ0) is 15.9. The van der Waals surface area contributed by atoms with Crippen LogP contribution in [0.2, 0.25) is 0 Å². The van der Waals surface area contributed by atoms with E-state index in [4.69, 9.17) is 17.0 Å². The zero-order valence-electron chi connectivity index (χ0n) is 13.0. The second kappa shape index (κ2) is 7.83. The number of hydrogen-bond donors (Lipinski definition) is 2. The number of hydrogen-bond acceptors (Lipinski definition) is 3. The average molecular weight is 309 g/mol. The van der Waals surface area contributed by atoms with Gasteiger partial charge < -0.3 is 20.3 Å². The average Bonchev–Trinajstić information content (AvgIpc) is 2.41. The fourth-order valence-electron chi connectivity index (χ4n) is 1.54. The highest BCUT2D eigenvalue weighted by atomic mass is 32.1. The van der Waals surface area contributed by atoms with Crippen molar-refractivity contribution < 1.29 is 9.53 Å². The monoisotopic (exact) mass is 309 g/mol. The molecule has 0 saturated carbocycles. The number of amides is 1. The summed E-state index contributed by atoms with van der Waals surface area (Å²) in [4.78, 5) is 13.3. The number of nitrogens with one attached hydrogen (secondary N) is 2. The number of benzene rings is 1. The van der Waals surface area contributed by atoms with Crippen LogP contribution in [0, 0.1) is 0 Å². The highest BCUT2D eigenvalue weighted by Gasteiger charge is 2.15. The maximum absolute atomic E-state index is 11.5. The molecule has 2 N–H and O–H groups in total. The smallest absolute Gasteiger partial charge is 0.407 e. The standard InChI is InChI=1S/C15H23N3O2S/c1-15(2,3)20-14(19)17-11-10-16-13(21)18(4)12-8-6-5-7-9-12/h5-9H,10-11H2,1-4H3,(H,16,21)(H,17,19). The Morgan fingerprint density at radius 2 is 1.76 bits per heavy atom. The molecule has 0 radical (unpaired) electrons. The van der Waals surface area contributed by atoms with Gasteiger partial charge in [-0.2, -0.15) is 0 Å². The highest BCUT2D eigenvalue weighted by Crippen LogP contribution is 2.10. The van der Waals surface area contributed by atoms with E-state index in [1.165, 1.54) is 0 Å². The molecule has 0 spiro atoms. The number of ether oxygens (including phenoxy) is 1. The molecule has 21 heavy (non-hydrogen) atoms. The summed E-state index contributed by atoms with van der Waals surface area (Å²) in [6.07, 6.45) is -0.424. The SMILES string of the molecule is CN(C(=S)NCCNC(=O)OC(C)(C)C)c1ccccc1. The van der Waals surface area contributed by atoms with E-state index < -0.39 is 11.7 Å². The summed E-state index contributed by atoms with van der Waals surface area (Å²) in [6, 6.07) is 9.83. The maximum atomic E-state index is 11.5. The number of alkyl carbamates (subject to hydrolysis) is 1. The first-order valence-electron chi connectivity index (χ1n) is 6.83. The van der Waals surface area contributed by atoms with Crippen LogP contribution in [0.5, 0.6) is 0 Å². The quantitative estimate of drug-likeness (QED) is 0.661. The molecule has 0 aliphatic heterocycles. The van der Waals surface area contributed by atoms with Crippen molar-refractivity contribution in [3.63, 3.8) is 0 Å². The molecule has 0 aromatic heterocycles. The number of anilines is 1. The number of para-hydroxylation sites is 1. The van der Waals surface area contributed by atoms with Gasteiger partial charge in [-0.3, -0.25) is 0 Å². The topological polar surface area (TPSA) is 53.6 Å². The second-order valence-corrected chi connectivity index (χ2v) is 5.94. The van der Waals surface area contributed by atoms with Gasteiger partial charge in [-0.15, -0.1) is 0 Å². The Morgan fingerprint density at radius 3 is 2.33 bits per heavy atom. The molecule has 6 heteroatoms. The molecule has 0 fully saturated rings. The van der Waals surface area contributed by atoms with Crippen molar-refractivity contribution in [1.82, 2.24) is 10.6 Å². The fourth-order valence-corrected chi connectivity index (χ4v) is 1.74. The fraction of sp³-hybridized carbons (Fsp3) is 0.467. The first-order chi connectivity index (χ1) is 9.79. The van der Waals surface area contributed by atoms with Gasteiger partial charge in [-0.1, -0.05) is 18.2 Å². The number of carbonyl (C=O) groups is 1. The van der Waals surface area contributed by atoms with Crippen LogP contribution < -0.4 is 15.5 Å². The first-order valence-corrected chi connectivity index (χ1v) is 7.24. The molecule has 5 nitrogen and oxygen atoms in total. The Kier molecular flexibility index (Phi) is 6.42. The minimum Gasteiger partial charge on any atom is -0.444 e. The van der Waals surface area contributed by atoms with E-state index in [0.717, 1.165) is 5.69 Å². The molecule has 0 aliphatic rings. The van der Waals surface area contributed by atoms with Gasteiger partial charge in [0.25, 0.3) is 0 Å². The summed E-state index contributed by atoms with van der Waals surface area (Å²) in [7, 11) is 1.89. The summed E-state index contributed by atoms with van der Waals surface area (Å²) in [6.45, 7) is 6.46. The molecule has 0 atom stereocenters. The molecule has 0 saturated heterocycles. The second-order valence-electron chi connectivity index (χ2n) is 5.56. The normalized spacial score (nSPS) is 10.7. The van der Waals surface area contributed by atoms with Crippen LogP contribution >= 0.6 is 12.2 Å². The molecule has 116 valence electrons. The van der Waals surface area contributed by atoms with Crippen molar-refractivity contribution in [3.05, 3.63) is 30.3 Å². The lowest BCUT2D eigenvalue weighted by molar-refractivity contribution is 0.0529. The van der Waals surface area contributed by atoms with E-state index >= 15 is 0 Å². The van der Waals surface area contributed by atoms with Gasteiger partial charge in [-0.05, 0) is 45.1 Å². The lowest BCUT2D eigenvalue weighted by atomic mass is 10.2. The van der Waals surface area contributed by atoms with Gasteiger partial charge in [0, 0.05) is 25.8 Å². The van der Waals surface area contributed by atoms with Gasteiger partial charge in [-0.25, -0.2) is 4.79 Å². The molecule has 0 aliphatic carbocycles. The van der Waals surface area contributed by atoms with Crippen molar-refractivity contribution in [2.45, 2.75) is 26.4 Å². The van der Waals surface area contributed by atoms with E-state index in [2.05, 4.69) is 10.6 Å². The van der Waals surface area contributed by atoms with Gasteiger partial charge in [0.1, 0.15) is 5.60 Å². The Hall–Kier alpha value is -1.82. The predicted octanol–water partition coefficient (Wildman–Crippen LogP) is 2.52. The molecule has 0 heterocycles. The van der Waals surface area contributed by atoms with E-state index in [1.807, 2.05) is 63.1 Å².